The number of benzene rings is 1. The van der Waals surface area contributed by atoms with E-state index in [1.54, 1.807) is 11.3 Å². The standard InChI is InChI=1S/C15H10Cl2N2O2S3/c16-10-2-1-8(7-11(10)17)24(20,21)19-15-18-14-9-5-6-22-12(9)3-4-13(14)23-15/h1-2,5-7H,3-4H2,(H,18,19). The molecule has 0 radical (unpaired) electrons. The van der Waals surface area contributed by atoms with E-state index >= 15 is 0 Å². The lowest BCUT2D eigenvalue weighted by Crippen LogP contribution is -2.12. The lowest BCUT2D eigenvalue weighted by Gasteiger charge is -2.08. The Labute approximate surface area is 157 Å². The van der Waals surface area contributed by atoms with E-state index in [1.165, 1.54) is 34.4 Å². The maximum atomic E-state index is 12.5. The fourth-order valence-corrected chi connectivity index (χ4v) is 6.04. The molecule has 1 aliphatic carbocycles. The van der Waals surface area contributed by atoms with E-state index in [4.69, 9.17) is 23.2 Å². The number of rotatable bonds is 3. The average molecular weight is 417 g/mol. The molecule has 2 heterocycles. The largest absolute Gasteiger partial charge is 0.263 e. The van der Waals surface area contributed by atoms with Crippen LogP contribution in [0, 0.1) is 0 Å². The monoisotopic (exact) mass is 416 g/mol. The van der Waals surface area contributed by atoms with Crippen molar-refractivity contribution in [3.63, 3.8) is 0 Å². The van der Waals surface area contributed by atoms with Crippen LogP contribution in [0.15, 0.2) is 34.5 Å². The fourth-order valence-electron chi connectivity index (χ4n) is 2.57. The van der Waals surface area contributed by atoms with Crippen molar-refractivity contribution in [3.05, 3.63) is 49.4 Å². The van der Waals surface area contributed by atoms with Gasteiger partial charge in [0.2, 0.25) is 0 Å². The zero-order valence-corrected chi connectivity index (χ0v) is 16.0. The molecule has 0 saturated heterocycles. The molecule has 4 nitrogen and oxygen atoms in total. The highest BCUT2D eigenvalue weighted by Gasteiger charge is 2.24. The van der Waals surface area contributed by atoms with Crippen LogP contribution in [0.1, 0.15) is 9.75 Å². The van der Waals surface area contributed by atoms with Gasteiger partial charge >= 0.3 is 0 Å². The van der Waals surface area contributed by atoms with Gasteiger partial charge in [0.05, 0.1) is 20.6 Å². The third-order valence-electron chi connectivity index (χ3n) is 3.70. The maximum Gasteiger partial charge on any atom is 0.263 e. The number of anilines is 1. The Morgan fingerprint density at radius 2 is 1.88 bits per heavy atom. The summed E-state index contributed by atoms with van der Waals surface area (Å²) >= 11 is 14.8. The molecule has 0 amide bonds. The highest BCUT2D eigenvalue weighted by atomic mass is 35.5. The Balaban J connectivity index is 1.68. The zero-order valence-electron chi connectivity index (χ0n) is 12.0. The number of sulfonamides is 1. The second-order valence-corrected chi connectivity index (χ2v) is 9.81. The smallest absolute Gasteiger partial charge is 0.255 e. The predicted octanol–water partition coefficient (Wildman–Crippen LogP) is 5.08. The van der Waals surface area contributed by atoms with Gasteiger partial charge in [-0.15, -0.1) is 22.7 Å². The molecule has 0 unspecified atom stereocenters. The lowest BCUT2D eigenvalue weighted by molar-refractivity contribution is 0.601. The molecule has 9 heteroatoms. The van der Waals surface area contributed by atoms with Crippen molar-refractivity contribution in [2.75, 3.05) is 4.72 Å². The van der Waals surface area contributed by atoms with Crippen LogP contribution in [0.5, 0.6) is 0 Å². The number of aromatic nitrogens is 1. The molecule has 1 aliphatic rings. The molecule has 0 aliphatic heterocycles. The normalized spacial score (nSPS) is 13.4. The number of hydrogen-bond acceptors (Lipinski definition) is 5. The van der Waals surface area contributed by atoms with Crippen molar-refractivity contribution in [2.24, 2.45) is 0 Å². The molecule has 1 N–H and O–H groups in total. The second-order valence-electron chi connectivity index (χ2n) is 5.23. The van der Waals surface area contributed by atoms with Crippen LogP contribution in [0.4, 0.5) is 5.13 Å². The number of aryl methyl sites for hydroxylation is 2. The molecular weight excluding hydrogens is 407 g/mol. The van der Waals surface area contributed by atoms with Crippen molar-refractivity contribution in [2.45, 2.75) is 17.7 Å². The number of nitrogens with one attached hydrogen (secondary N) is 1. The van der Waals surface area contributed by atoms with Gasteiger partial charge in [0.1, 0.15) is 0 Å². The minimum atomic E-state index is -3.76. The number of thiazole rings is 1. The number of thiophene rings is 1. The fraction of sp³-hybridized carbons (Fsp3) is 0.133. The maximum absolute atomic E-state index is 12.5. The molecule has 0 bridgehead atoms. The van der Waals surface area contributed by atoms with Crippen molar-refractivity contribution < 1.29 is 8.42 Å². The summed E-state index contributed by atoms with van der Waals surface area (Å²) in [5.74, 6) is 0. The summed E-state index contributed by atoms with van der Waals surface area (Å²) in [7, 11) is -3.76. The van der Waals surface area contributed by atoms with E-state index in [0.717, 1.165) is 29.0 Å². The first kappa shape index (κ1) is 16.4. The number of hydrogen-bond donors (Lipinski definition) is 1. The minimum absolute atomic E-state index is 0.0568. The third kappa shape index (κ3) is 2.84. The molecule has 1 aromatic carbocycles. The van der Waals surface area contributed by atoms with E-state index in [9.17, 15) is 8.42 Å². The van der Waals surface area contributed by atoms with Gasteiger partial charge in [-0.05, 0) is 42.5 Å². The van der Waals surface area contributed by atoms with Gasteiger partial charge < -0.3 is 0 Å². The first-order valence-electron chi connectivity index (χ1n) is 6.98. The van der Waals surface area contributed by atoms with Crippen LogP contribution in [0.2, 0.25) is 10.0 Å². The lowest BCUT2D eigenvalue weighted by atomic mass is 10.0. The summed E-state index contributed by atoms with van der Waals surface area (Å²) in [6.45, 7) is 0. The highest BCUT2D eigenvalue weighted by molar-refractivity contribution is 7.93. The highest BCUT2D eigenvalue weighted by Crippen LogP contribution is 2.40. The van der Waals surface area contributed by atoms with Crippen molar-refractivity contribution >= 4 is 61.0 Å². The van der Waals surface area contributed by atoms with E-state index in [2.05, 4.69) is 9.71 Å². The topological polar surface area (TPSA) is 59.1 Å². The minimum Gasteiger partial charge on any atom is -0.255 e. The summed E-state index contributed by atoms with van der Waals surface area (Å²) in [6.07, 6.45) is 1.86. The van der Waals surface area contributed by atoms with Crippen molar-refractivity contribution in [3.8, 4) is 11.3 Å². The van der Waals surface area contributed by atoms with Crippen LogP contribution >= 0.6 is 45.9 Å². The first-order valence-corrected chi connectivity index (χ1v) is 10.9. The van der Waals surface area contributed by atoms with Gasteiger partial charge in [-0.2, -0.15) is 0 Å². The Kier molecular flexibility index (Phi) is 4.09. The summed E-state index contributed by atoms with van der Waals surface area (Å²) in [4.78, 5) is 6.95. The average Bonchev–Trinajstić information content (AvgIpc) is 3.14. The Bertz CT molecular complexity index is 1040. The summed E-state index contributed by atoms with van der Waals surface area (Å²) < 4.78 is 27.6. The van der Waals surface area contributed by atoms with E-state index in [-0.39, 0.29) is 9.92 Å². The van der Waals surface area contributed by atoms with Crippen LogP contribution in [0.3, 0.4) is 0 Å². The summed E-state index contributed by atoms with van der Waals surface area (Å²) in [5, 5.41) is 2.91. The number of nitrogens with zero attached hydrogens (tertiary/aromatic N) is 1. The Morgan fingerprint density at radius 1 is 1.08 bits per heavy atom. The third-order valence-corrected chi connectivity index (χ3v) is 7.92. The van der Waals surface area contributed by atoms with Crippen LogP contribution in [0.25, 0.3) is 11.3 Å². The molecule has 4 rings (SSSR count). The molecule has 0 atom stereocenters. The van der Waals surface area contributed by atoms with Crippen LogP contribution in [-0.2, 0) is 22.9 Å². The van der Waals surface area contributed by atoms with Crippen molar-refractivity contribution in [1.82, 2.24) is 4.98 Å². The Hall–Kier alpha value is -1.12. The quantitative estimate of drug-likeness (QED) is 0.647. The zero-order chi connectivity index (χ0) is 16.9. The molecule has 0 fully saturated rings. The summed E-state index contributed by atoms with van der Waals surface area (Å²) in [6, 6.07) is 6.25. The molecule has 24 heavy (non-hydrogen) atoms. The van der Waals surface area contributed by atoms with Crippen LogP contribution < -0.4 is 4.72 Å². The van der Waals surface area contributed by atoms with E-state index in [1.807, 2.05) is 11.4 Å². The molecule has 2 aromatic heterocycles. The number of fused-ring (bicyclic) bond motifs is 3. The van der Waals surface area contributed by atoms with Crippen LogP contribution in [-0.4, -0.2) is 13.4 Å². The Morgan fingerprint density at radius 3 is 2.67 bits per heavy atom. The van der Waals surface area contributed by atoms with E-state index < -0.39 is 10.0 Å². The van der Waals surface area contributed by atoms with Gasteiger partial charge in [0, 0.05) is 15.3 Å². The molecule has 0 saturated carbocycles. The van der Waals surface area contributed by atoms with Gasteiger partial charge in [0.25, 0.3) is 10.0 Å². The van der Waals surface area contributed by atoms with Gasteiger partial charge in [0.15, 0.2) is 5.13 Å². The number of halogens is 2. The van der Waals surface area contributed by atoms with Gasteiger partial charge in [-0.3, -0.25) is 4.72 Å². The first-order chi connectivity index (χ1) is 11.4. The molecule has 0 spiro atoms. The second kappa shape index (κ2) is 6.00. The van der Waals surface area contributed by atoms with Gasteiger partial charge in [-0.1, -0.05) is 23.2 Å². The summed E-state index contributed by atoms with van der Waals surface area (Å²) in [5.41, 5.74) is 1.99. The molecular formula is C15H10Cl2N2O2S3. The van der Waals surface area contributed by atoms with Crippen molar-refractivity contribution in [1.29, 1.82) is 0 Å². The van der Waals surface area contributed by atoms with Gasteiger partial charge in [-0.25, -0.2) is 13.4 Å². The molecule has 124 valence electrons. The molecule has 3 aromatic rings. The predicted molar refractivity (Wildman–Crippen MR) is 100 cm³/mol. The van der Waals surface area contributed by atoms with E-state index in [0.29, 0.717) is 10.2 Å². The SMILES string of the molecule is O=S(=O)(Nc1nc2c(s1)CCc1sccc1-2)c1ccc(Cl)c(Cl)c1.